The van der Waals surface area contributed by atoms with Crippen molar-refractivity contribution in [1.29, 1.82) is 0 Å². The Labute approximate surface area is 121 Å². The minimum atomic E-state index is -0.562. The monoisotopic (exact) mass is 341 g/mol. The van der Waals surface area contributed by atoms with Crippen LogP contribution in [0, 0.1) is 15.9 Å². The zero-order chi connectivity index (χ0) is 14.7. The van der Waals surface area contributed by atoms with Gasteiger partial charge in [0.2, 0.25) is 0 Å². The van der Waals surface area contributed by atoms with Gasteiger partial charge in [0, 0.05) is 12.1 Å². The van der Waals surface area contributed by atoms with Crippen molar-refractivity contribution < 1.29 is 14.1 Å². The van der Waals surface area contributed by atoms with Crippen LogP contribution in [0.15, 0.2) is 40.9 Å². The van der Waals surface area contributed by atoms with Crippen LogP contribution in [0.1, 0.15) is 0 Å². The highest BCUT2D eigenvalue weighted by Gasteiger charge is 2.12. The Balaban J connectivity index is 2.37. The van der Waals surface area contributed by atoms with Gasteiger partial charge in [-0.2, -0.15) is 0 Å². The lowest BCUT2D eigenvalue weighted by molar-refractivity contribution is -0.384. The number of nitrogen functional groups attached to an aromatic ring is 1. The van der Waals surface area contributed by atoms with Gasteiger partial charge in [-0.05, 0) is 34.1 Å². The molecule has 0 unspecified atom stereocenters. The number of ether oxygens (including phenoxy) is 1. The van der Waals surface area contributed by atoms with E-state index in [1.165, 1.54) is 36.4 Å². The summed E-state index contributed by atoms with van der Waals surface area (Å²) in [4.78, 5) is 10.2. The maximum atomic E-state index is 13.0. The fourth-order valence-electron chi connectivity index (χ4n) is 1.52. The van der Waals surface area contributed by atoms with Gasteiger partial charge in [-0.3, -0.25) is 16.0 Å². The van der Waals surface area contributed by atoms with E-state index in [0.717, 1.165) is 0 Å². The lowest BCUT2D eigenvalue weighted by Crippen LogP contribution is -2.07. The minimum Gasteiger partial charge on any atom is -0.456 e. The van der Waals surface area contributed by atoms with Crippen LogP contribution in [0.4, 0.5) is 15.8 Å². The largest absolute Gasteiger partial charge is 0.456 e. The summed E-state index contributed by atoms with van der Waals surface area (Å²) < 4.78 is 18.9. The van der Waals surface area contributed by atoms with Gasteiger partial charge < -0.3 is 10.2 Å². The quantitative estimate of drug-likeness (QED) is 0.504. The summed E-state index contributed by atoms with van der Waals surface area (Å²) in [7, 11) is 0. The standard InChI is InChI=1S/C12H9BrFN3O3/c13-11-3-7(14)1-2-12(11)20-10-5-8(16-15)4-9(6-10)17(18)19/h1-6,16H,15H2. The zero-order valence-electron chi connectivity index (χ0n) is 9.97. The van der Waals surface area contributed by atoms with Crippen LogP contribution in [0.3, 0.4) is 0 Å². The fraction of sp³-hybridized carbons (Fsp3) is 0. The molecule has 8 heteroatoms. The molecule has 6 nitrogen and oxygen atoms in total. The van der Waals surface area contributed by atoms with Crippen LogP contribution in [0.25, 0.3) is 0 Å². The van der Waals surface area contributed by atoms with Crippen LogP contribution >= 0.6 is 15.9 Å². The van der Waals surface area contributed by atoms with E-state index >= 15 is 0 Å². The van der Waals surface area contributed by atoms with E-state index in [1.807, 2.05) is 0 Å². The summed E-state index contributed by atoms with van der Waals surface area (Å²) in [5, 5.41) is 10.8. The molecule has 2 aromatic carbocycles. The van der Waals surface area contributed by atoms with E-state index < -0.39 is 10.7 Å². The highest BCUT2D eigenvalue weighted by Crippen LogP contribution is 2.33. The molecule has 0 aliphatic carbocycles. The summed E-state index contributed by atoms with van der Waals surface area (Å²) in [6.45, 7) is 0. The van der Waals surface area contributed by atoms with Gasteiger partial charge in [0.15, 0.2) is 0 Å². The van der Waals surface area contributed by atoms with Crippen molar-refractivity contribution >= 4 is 27.3 Å². The number of nitrogens with two attached hydrogens (primary N) is 1. The second kappa shape index (κ2) is 5.85. The highest BCUT2D eigenvalue weighted by atomic mass is 79.9. The number of hydrogen-bond acceptors (Lipinski definition) is 5. The average molecular weight is 342 g/mol. The van der Waals surface area contributed by atoms with Gasteiger partial charge in [0.25, 0.3) is 5.69 Å². The SMILES string of the molecule is NNc1cc(Oc2ccc(F)cc2Br)cc([N+](=O)[O-])c1. The van der Waals surface area contributed by atoms with E-state index in [9.17, 15) is 14.5 Å². The first-order chi connectivity index (χ1) is 9.49. The number of non-ortho nitro benzene ring substituents is 1. The normalized spacial score (nSPS) is 10.2. The van der Waals surface area contributed by atoms with Crippen molar-refractivity contribution in [3.05, 3.63) is 56.8 Å². The van der Waals surface area contributed by atoms with Crippen LogP contribution < -0.4 is 16.0 Å². The number of rotatable bonds is 4. The Hall–Kier alpha value is -2.19. The van der Waals surface area contributed by atoms with Gasteiger partial charge in [-0.1, -0.05) is 0 Å². The smallest absolute Gasteiger partial charge is 0.275 e. The third-order valence-corrected chi connectivity index (χ3v) is 3.01. The summed E-state index contributed by atoms with van der Waals surface area (Å²) in [5.41, 5.74) is 2.47. The van der Waals surface area contributed by atoms with E-state index in [0.29, 0.717) is 15.9 Å². The molecule has 0 amide bonds. The molecule has 0 fully saturated rings. The number of nitro benzene ring substituents is 1. The second-order valence-corrected chi connectivity index (χ2v) is 4.65. The molecule has 2 rings (SSSR count). The lowest BCUT2D eigenvalue weighted by Gasteiger charge is -2.09. The number of hydrogen-bond donors (Lipinski definition) is 2. The summed E-state index contributed by atoms with van der Waals surface area (Å²) in [5.74, 6) is 5.36. The molecule has 0 aliphatic heterocycles. The molecule has 0 radical (unpaired) electrons. The first-order valence-electron chi connectivity index (χ1n) is 5.38. The number of nitrogens with one attached hydrogen (secondary N) is 1. The maximum Gasteiger partial charge on any atom is 0.275 e. The predicted octanol–water partition coefficient (Wildman–Crippen LogP) is 3.57. The molecule has 0 atom stereocenters. The minimum absolute atomic E-state index is 0.173. The van der Waals surface area contributed by atoms with Crippen molar-refractivity contribution in [1.82, 2.24) is 0 Å². The Morgan fingerprint density at radius 1 is 1.30 bits per heavy atom. The number of hydrazine groups is 1. The molecule has 0 bridgehead atoms. The molecule has 3 N–H and O–H groups in total. The lowest BCUT2D eigenvalue weighted by atomic mass is 10.2. The molecule has 0 aliphatic rings. The van der Waals surface area contributed by atoms with Gasteiger partial charge in [0.1, 0.15) is 17.3 Å². The maximum absolute atomic E-state index is 13.0. The number of nitro groups is 1. The summed E-state index contributed by atoms with van der Waals surface area (Å²) in [6, 6.07) is 7.87. The fourth-order valence-corrected chi connectivity index (χ4v) is 1.95. The molecule has 104 valence electrons. The summed E-state index contributed by atoms with van der Waals surface area (Å²) >= 11 is 3.15. The number of halogens is 2. The third-order valence-electron chi connectivity index (χ3n) is 2.39. The van der Waals surface area contributed by atoms with Gasteiger partial charge in [-0.25, -0.2) is 4.39 Å². The highest BCUT2D eigenvalue weighted by molar-refractivity contribution is 9.10. The van der Waals surface area contributed by atoms with Gasteiger partial charge in [0.05, 0.1) is 21.1 Å². The van der Waals surface area contributed by atoms with E-state index in [2.05, 4.69) is 21.4 Å². The molecule has 0 saturated heterocycles. The molecular formula is C12H9BrFN3O3. The van der Waals surface area contributed by atoms with E-state index in [1.54, 1.807) is 0 Å². The van der Waals surface area contributed by atoms with Gasteiger partial charge in [-0.15, -0.1) is 0 Å². The van der Waals surface area contributed by atoms with E-state index in [4.69, 9.17) is 10.6 Å². The number of benzene rings is 2. The van der Waals surface area contributed by atoms with E-state index in [-0.39, 0.29) is 11.4 Å². The first-order valence-corrected chi connectivity index (χ1v) is 6.18. The molecule has 20 heavy (non-hydrogen) atoms. The average Bonchev–Trinajstić information content (AvgIpc) is 2.41. The zero-order valence-corrected chi connectivity index (χ0v) is 11.6. The Morgan fingerprint density at radius 2 is 2.05 bits per heavy atom. The first kappa shape index (κ1) is 14.2. The van der Waals surface area contributed by atoms with Crippen LogP contribution in [0.2, 0.25) is 0 Å². The van der Waals surface area contributed by atoms with Crippen molar-refractivity contribution in [2.45, 2.75) is 0 Å². The molecule has 0 heterocycles. The second-order valence-electron chi connectivity index (χ2n) is 3.79. The van der Waals surface area contributed by atoms with Crippen molar-refractivity contribution in [3.63, 3.8) is 0 Å². The Kier molecular flexibility index (Phi) is 4.16. The van der Waals surface area contributed by atoms with Crippen molar-refractivity contribution in [2.75, 3.05) is 5.43 Å². The molecule has 0 saturated carbocycles. The summed E-state index contributed by atoms with van der Waals surface area (Å²) in [6.07, 6.45) is 0. The number of anilines is 1. The molecule has 0 spiro atoms. The predicted molar refractivity (Wildman–Crippen MR) is 75.1 cm³/mol. The molecule has 2 aromatic rings. The van der Waals surface area contributed by atoms with Gasteiger partial charge >= 0.3 is 0 Å². The molecule has 0 aromatic heterocycles. The molecular weight excluding hydrogens is 333 g/mol. The number of nitrogens with zero attached hydrogens (tertiary/aromatic N) is 1. The van der Waals surface area contributed by atoms with Crippen LogP contribution in [-0.2, 0) is 0 Å². The Morgan fingerprint density at radius 3 is 2.65 bits per heavy atom. The topological polar surface area (TPSA) is 90.4 Å². The van der Waals surface area contributed by atoms with Crippen molar-refractivity contribution in [3.8, 4) is 11.5 Å². The van der Waals surface area contributed by atoms with Crippen LogP contribution in [-0.4, -0.2) is 4.92 Å². The third kappa shape index (κ3) is 3.22. The van der Waals surface area contributed by atoms with Crippen molar-refractivity contribution in [2.24, 2.45) is 5.84 Å². The Bertz CT molecular complexity index is 666. The van der Waals surface area contributed by atoms with Crippen LogP contribution in [0.5, 0.6) is 11.5 Å².